The molecule has 1 saturated heterocycles. The second-order valence-electron chi connectivity index (χ2n) is 5.19. The summed E-state index contributed by atoms with van der Waals surface area (Å²) in [7, 11) is 0. The van der Waals surface area contributed by atoms with Gasteiger partial charge in [-0.3, -0.25) is 0 Å². The van der Waals surface area contributed by atoms with E-state index in [1.807, 2.05) is 24.3 Å². The highest BCUT2D eigenvalue weighted by molar-refractivity contribution is 5.57. The molecule has 0 aromatic heterocycles. The highest BCUT2D eigenvalue weighted by Gasteiger charge is 2.13. The zero-order valence-electron chi connectivity index (χ0n) is 11.5. The van der Waals surface area contributed by atoms with Crippen LogP contribution in [-0.4, -0.2) is 44.2 Å². The molecule has 1 aliphatic heterocycles. The summed E-state index contributed by atoms with van der Waals surface area (Å²) < 4.78 is 0. The Hall–Kier alpha value is -1.57. The van der Waals surface area contributed by atoms with Gasteiger partial charge in [-0.2, -0.15) is 5.26 Å². The number of rotatable bonds is 5. The summed E-state index contributed by atoms with van der Waals surface area (Å²) in [6.07, 6.45) is 0. The van der Waals surface area contributed by atoms with Crippen LogP contribution in [0.2, 0.25) is 0 Å². The number of hydrogen-bond acceptors (Lipinski definition) is 4. The predicted molar refractivity (Wildman–Crippen MR) is 78.1 cm³/mol. The first-order valence-corrected chi connectivity index (χ1v) is 6.95. The van der Waals surface area contributed by atoms with E-state index in [1.54, 1.807) is 0 Å². The topological polar surface area (TPSA) is 51.1 Å². The summed E-state index contributed by atoms with van der Waals surface area (Å²) in [5, 5.41) is 15.8. The largest absolute Gasteiger partial charge is 0.384 e. The lowest BCUT2D eigenvalue weighted by Gasteiger charge is -2.29. The lowest BCUT2D eigenvalue weighted by atomic mass is 10.1. The summed E-state index contributed by atoms with van der Waals surface area (Å²) in [4.78, 5) is 2.50. The molecule has 0 radical (unpaired) electrons. The number of nitriles is 1. The first-order valence-electron chi connectivity index (χ1n) is 6.95. The molecule has 1 heterocycles. The smallest absolute Gasteiger partial charge is 0.101 e. The van der Waals surface area contributed by atoms with Gasteiger partial charge in [-0.25, -0.2) is 0 Å². The van der Waals surface area contributed by atoms with E-state index >= 15 is 0 Å². The Morgan fingerprint density at radius 1 is 1.37 bits per heavy atom. The minimum atomic E-state index is 0.574. The molecule has 0 amide bonds. The van der Waals surface area contributed by atoms with Crippen molar-refractivity contribution in [3.8, 4) is 6.07 Å². The van der Waals surface area contributed by atoms with Crippen LogP contribution < -0.4 is 10.6 Å². The lowest BCUT2D eigenvalue weighted by Crippen LogP contribution is -2.45. The Bertz CT molecular complexity index is 432. The van der Waals surface area contributed by atoms with Crippen molar-refractivity contribution in [2.24, 2.45) is 5.92 Å². The van der Waals surface area contributed by atoms with Crippen LogP contribution in [0.4, 0.5) is 5.69 Å². The molecule has 4 heteroatoms. The van der Waals surface area contributed by atoms with Crippen LogP contribution in [0.15, 0.2) is 24.3 Å². The second-order valence-corrected chi connectivity index (χ2v) is 5.19. The maximum Gasteiger partial charge on any atom is 0.101 e. The van der Waals surface area contributed by atoms with Crippen molar-refractivity contribution in [3.63, 3.8) is 0 Å². The zero-order chi connectivity index (χ0) is 13.5. The van der Waals surface area contributed by atoms with Gasteiger partial charge in [-0.1, -0.05) is 19.1 Å². The molecule has 19 heavy (non-hydrogen) atoms. The number of nitrogens with one attached hydrogen (secondary N) is 2. The molecule has 1 aliphatic rings. The van der Waals surface area contributed by atoms with E-state index in [0.29, 0.717) is 5.92 Å². The number of piperazine rings is 1. The van der Waals surface area contributed by atoms with Crippen molar-refractivity contribution in [1.29, 1.82) is 5.26 Å². The molecule has 2 N–H and O–H groups in total. The maximum atomic E-state index is 9.04. The average Bonchev–Trinajstić information content (AvgIpc) is 2.46. The van der Waals surface area contributed by atoms with Gasteiger partial charge >= 0.3 is 0 Å². The Balaban J connectivity index is 1.79. The summed E-state index contributed by atoms with van der Waals surface area (Å²) in [6.45, 7) is 8.74. The van der Waals surface area contributed by atoms with E-state index < -0.39 is 0 Å². The van der Waals surface area contributed by atoms with Crippen molar-refractivity contribution < 1.29 is 0 Å². The van der Waals surface area contributed by atoms with Crippen LogP contribution in [0.3, 0.4) is 0 Å². The predicted octanol–water partition coefficient (Wildman–Crippen LogP) is 1.51. The first-order chi connectivity index (χ1) is 9.29. The molecule has 1 aromatic carbocycles. The fraction of sp³-hybridized carbons (Fsp3) is 0.533. The number of para-hydroxylation sites is 1. The molecule has 4 nitrogen and oxygen atoms in total. The molecule has 2 rings (SSSR count). The summed E-state index contributed by atoms with van der Waals surface area (Å²) in [6, 6.07) is 9.90. The molecule has 102 valence electrons. The fourth-order valence-electron chi connectivity index (χ4n) is 2.42. The fourth-order valence-corrected chi connectivity index (χ4v) is 2.42. The van der Waals surface area contributed by atoms with Crippen LogP contribution in [0.25, 0.3) is 0 Å². The van der Waals surface area contributed by atoms with Gasteiger partial charge in [0, 0.05) is 39.3 Å². The molecule has 1 aromatic rings. The summed E-state index contributed by atoms with van der Waals surface area (Å²) in [5.74, 6) is 0.574. The van der Waals surface area contributed by atoms with Gasteiger partial charge in [0.15, 0.2) is 0 Å². The van der Waals surface area contributed by atoms with Crippen LogP contribution in [0, 0.1) is 17.2 Å². The van der Waals surface area contributed by atoms with Gasteiger partial charge in [0.2, 0.25) is 0 Å². The number of nitrogens with zero attached hydrogens (tertiary/aromatic N) is 2. The Labute approximate surface area is 115 Å². The van der Waals surface area contributed by atoms with Gasteiger partial charge in [0.1, 0.15) is 6.07 Å². The molecule has 1 atom stereocenters. The van der Waals surface area contributed by atoms with Gasteiger partial charge < -0.3 is 15.5 Å². The molecule has 1 fully saturated rings. The van der Waals surface area contributed by atoms with Crippen LogP contribution >= 0.6 is 0 Å². The molecule has 0 bridgehead atoms. The van der Waals surface area contributed by atoms with E-state index in [4.69, 9.17) is 5.26 Å². The van der Waals surface area contributed by atoms with Gasteiger partial charge in [0.05, 0.1) is 11.3 Å². The normalized spacial score (nSPS) is 17.7. The SMILES string of the molecule is CC(CNc1ccccc1C#N)CN1CCNCC1. The molecule has 0 saturated carbocycles. The third-order valence-electron chi connectivity index (χ3n) is 3.47. The zero-order valence-corrected chi connectivity index (χ0v) is 11.5. The molecular formula is C15H22N4. The van der Waals surface area contributed by atoms with Gasteiger partial charge in [0.25, 0.3) is 0 Å². The number of anilines is 1. The quantitative estimate of drug-likeness (QED) is 0.840. The van der Waals surface area contributed by atoms with E-state index in [0.717, 1.165) is 50.5 Å². The Morgan fingerprint density at radius 2 is 2.11 bits per heavy atom. The molecular weight excluding hydrogens is 236 g/mol. The lowest BCUT2D eigenvalue weighted by molar-refractivity contribution is 0.215. The van der Waals surface area contributed by atoms with Crippen molar-refractivity contribution in [2.75, 3.05) is 44.6 Å². The monoisotopic (exact) mass is 258 g/mol. The van der Waals surface area contributed by atoms with Crippen molar-refractivity contribution >= 4 is 5.69 Å². The molecule has 1 unspecified atom stereocenters. The highest BCUT2D eigenvalue weighted by atomic mass is 15.2. The van der Waals surface area contributed by atoms with Crippen LogP contribution in [-0.2, 0) is 0 Å². The van der Waals surface area contributed by atoms with E-state index in [9.17, 15) is 0 Å². The average molecular weight is 258 g/mol. The van der Waals surface area contributed by atoms with Gasteiger partial charge in [-0.05, 0) is 18.1 Å². The van der Waals surface area contributed by atoms with Crippen molar-refractivity contribution in [1.82, 2.24) is 10.2 Å². The Morgan fingerprint density at radius 3 is 2.84 bits per heavy atom. The van der Waals surface area contributed by atoms with E-state index in [-0.39, 0.29) is 0 Å². The second kappa shape index (κ2) is 7.13. The molecule has 0 aliphatic carbocycles. The van der Waals surface area contributed by atoms with E-state index in [2.05, 4.69) is 28.5 Å². The molecule has 0 spiro atoms. The van der Waals surface area contributed by atoms with Crippen LogP contribution in [0.1, 0.15) is 12.5 Å². The summed E-state index contributed by atoms with van der Waals surface area (Å²) >= 11 is 0. The third kappa shape index (κ3) is 4.23. The Kier molecular flexibility index (Phi) is 5.20. The first kappa shape index (κ1) is 13.9. The number of hydrogen-bond donors (Lipinski definition) is 2. The number of benzene rings is 1. The van der Waals surface area contributed by atoms with Crippen LogP contribution in [0.5, 0.6) is 0 Å². The highest BCUT2D eigenvalue weighted by Crippen LogP contribution is 2.14. The van der Waals surface area contributed by atoms with Crippen molar-refractivity contribution in [2.45, 2.75) is 6.92 Å². The summed E-state index contributed by atoms with van der Waals surface area (Å²) in [5.41, 5.74) is 1.66. The maximum absolute atomic E-state index is 9.04. The van der Waals surface area contributed by atoms with Crippen molar-refractivity contribution in [3.05, 3.63) is 29.8 Å². The van der Waals surface area contributed by atoms with E-state index in [1.165, 1.54) is 0 Å². The minimum absolute atomic E-state index is 0.574. The minimum Gasteiger partial charge on any atom is -0.384 e. The third-order valence-corrected chi connectivity index (χ3v) is 3.47. The van der Waals surface area contributed by atoms with Gasteiger partial charge in [-0.15, -0.1) is 0 Å². The standard InChI is InChI=1S/C15H22N4/c1-13(12-19-8-6-17-7-9-19)11-18-15-5-3-2-4-14(15)10-16/h2-5,13,17-18H,6-9,11-12H2,1H3.